The molecule has 6 heteroatoms. The fourth-order valence-electron chi connectivity index (χ4n) is 2.60. The van der Waals surface area contributed by atoms with Gasteiger partial charge < -0.3 is 9.84 Å². The van der Waals surface area contributed by atoms with Gasteiger partial charge in [-0.15, -0.1) is 0 Å². The lowest BCUT2D eigenvalue weighted by Gasteiger charge is -2.13. The fourth-order valence-corrected chi connectivity index (χ4v) is 2.60. The first-order valence-corrected chi connectivity index (χ1v) is 7.99. The van der Waals surface area contributed by atoms with E-state index in [9.17, 15) is 14.3 Å². The van der Waals surface area contributed by atoms with Gasteiger partial charge in [-0.3, -0.25) is 9.36 Å². The molecule has 0 aliphatic rings. The summed E-state index contributed by atoms with van der Waals surface area (Å²) in [6.45, 7) is 2.02. The lowest BCUT2D eigenvalue weighted by atomic mass is 10.2. The predicted octanol–water partition coefficient (Wildman–Crippen LogP) is 2.42. The summed E-state index contributed by atoms with van der Waals surface area (Å²) in [5.74, 6) is -0.345. The molecule has 2 aromatic carbocycles. The first-order valence-electron chi connectivity index (χ1n) is 7.99. The van der Waals surface area contributed by atoms with Crippen molar-refractivity contribution in [1.82, 2.24) is 9.55 Å². The number of ether oxygens (including phenoxy) is 1. The van der Waals surface area contributed by atoms with E-state index in [2.05, 4.69) is 4.98 Å². The Kier molecular flexibility index (Phi) is 5.21. The summed E-state index contributed by atoms with van der Waals surface area (Å²) in [5, 5.41) is 10.6. The fraction of sp³-hybridized carbons (Fsp3) is 0.263. The van der Waals surface area contributed by atoms with Crippen molar-refractivity contribution in [3.8, 4) is 0 Å². The minimum atomic E-state index is -0.895. The molecule has 3 aromatic rings. The number of aryl methyl sites for hydroxylation is 1. The number of fused-ring (bicyclic) bond motifs is 1. The van der Waals surface area contributed by atoms with Crippen LogP contribution in [-0.4, -0.2) is 27.4 Å². The topological polar surface area (TPSA) is 64.3 Å². The first-order chi connectivity index (χ1) is 12.0. The van der Waals surface area contributed by atoms with E-state index in [1.54, 1.807) is 30.3 Å². The van der Waals surface area contributed by atoms with Crippen LogP contribution in [0.15, 0.2) is 53.6 Å². The molecule has 0 saturated heterocycles. The number of aliphatic hydroxyl groups excluding tert-OH is 1. The summed E-state index contributed by atoms with van der Waals surface area (Å²) in [6, 6.07) is 11.8. The Bertz CT molecular complexity index is 939. The molecule has 0 bridgehead atoms. The third-order valence-corrected chi connectivity index (χ3v) is 3.91. The molecule has 1 atom stereocenters. The molecule has 25 heavy (non-hydrogen) atoms. The predicted molar refractivity (Wildman–Crippen MR) is 92.8 cm³/mol. The van der Waals surface area contributed by atoms with E-state index < -0.39 is 6.10 Å². The number of halogens is 1. The zero-order valence-electron chi connectivity index (χ0n) is 13.9. The molecule has 5 nitrogen and oxygen atoms in total. The van der Waals surface area contributed by atoms with Gasteiger partial charge in [0, 0.05) is 5.56 Å². The van der Waals surface area contributed by atoms with Gasteiger partial charge in [0.05, 0.1) is 43.1 Å². The van der Waals surface area contributed by atoms with E-state index in [-0.39, 0.29) is 31.1 Å². The molecule has 1 aromatic heterocycles. The van der Waals surface area contributed by atoms with Crippen LogP contribution in [-0.2, 0) is 17.9 Å². The SMILES string of the molecule is Cc1ccc2ncn(CC(O)COCc3ccccc3F)c(=O)c2c1. The van der Waals surface area contributed by atoms with Crippen molar-refractivity contribution in [3.05, 3.63) is 76.1 Å². The monoisotopic (exact) mass is 342 g/mol. The molecular formula is C19H19FN2O3. The Balaban J connectivity index is 1.64. The van der Waals surface area contributed by atoms with Crippen molar-refractivity contribution in [2.24, 2.45) is 0 Å². The van der Waals surface area contributed by atoms with E-state index in [1.807, 2.05) is 13.0 Å². The summed E-state index contributed by atoms with van der Waals surface area (Å²) in [5.41, 5.74) is 1.81. The number of aromatic nitrogens is 2. The molecule has 0 aliphatic heterocycles. The van der Waals surface area contributed by atoms with E-state index in [1.165, 1.54) is 17.0 Å². The number of hydrogen-bond donors (Lipinski definition) is 1. The highest BCUT2D eigenvalue weighted by Gasteiger charge is 2.10. The molecular weight excluding hydrogens is 323 g/mol. The highest BCUT2D eigenvalue weighted by Crippen LogP contribution is 2.10. The molecule has 0 aliphatic carbocycles. The maximum Gasteiger partial charge on any atom is 0.261 e. The lowest BCUT2D eigenvalue weighted by molar-refractivity contribution is 0.0189. The van der Waals surface area contributed by atoms with Crippen molar-refractivity contribution in [2.75, 3.05) is 6.61 Å². The summed E-state index contributed by atoms with van der Waals surface area (Å²) in [6.07, 6.45) is 0.522. The van der Waals surface area contributed by atoms with Crippen LogP contribution < -0.4 is 5.56 Å². The Morgan fingerprint density at radius 3 is 2.88 bits per heavy atom. The second kappa shape index (κ2) is 7.55. The number of hydrogen-bond acceptors (Lipinski definition) is 4. The maximum atomic E-state index is 13.5. The lowest BCUT2D eigenvalue weighted by Crippen LogP contribution is -2.29. The minimum absolute atomic E-state index is 0.00731. The van der Waals surface area contributed by atoms with Crippen LogP contribution in [0.4, 0.5) is 4.39 Å². The van der Waals surface area contributed by atoms with E-state index in [0.717, 1.165) is 5.56 Å². The molecule has 130 valence electrons. The molecule has 1 N–H and O–H groups in total. The smallest absolute Gasteiger partial charge is 0.261 e. The zero-order chi connectivity index (χ0) is 17.8. The number of benzene rings is 2. The van der Waals surface area contributed by atoms with Gasteiger partial charge in [-0.1, -0.05) is 29.8 Å². The van der Waals surface area contributed by atoms with Gasteiger partial charge in [-0.2, -0.15) is 0 Å². The third kappa shape index (κ3) is 4.10. The van der Waals surface area contributed by atoms with Crippen LogP contribution in [0.3, 0.4) is 0 Å². The molecule has 3 rings (SSSR count). The number of rotatable bonds is 6. The highest BCUT2D eigenvalue weighted by molar-refractivity contribution is 5.77. The largest absolute Gasteiger partial charge is 0.389 e. The van der Waals surface area contributed by atoms with Crippen LogP contribution in [0.25, 0.3) is 10.9 Å². The van der Waals surface area contributed by atoms with Crippen LogP contribution in [0.1, 0.15) is 11.1 Å². The summed E-state index contributed by atoms with van der Waals surface area (Å²) >= 11 is 0. The van der Waals surface area contributed by atoms with Crippen molar-refractivity contribution in [2.45, 2.75) is 26.2 Å². The van der Waals surface area contributed by atoms with E-state index >= 15 is 0 Å². The molecule has 0 radical (unpaired) electrons. The minimum Gasteiger partial charge on any atom is -0.389 e. The Hall–Kier alpha value is -2.57. The standard InChI is InChI=1S/C19H19FN2O3/c1-13-6-7-18-16(8-13)19(24)22(12-21-18)9-15(23)11-25-10-14-4-2-3-5-17(14)20/h2-8,12,15,23H,9-11H2,1H3. The van der Waals surface area contributed by atoms with Gasteiger partial charge >= 0.3 is 0 Å². The highest BCUT2D eigenvalue weighted by atomic mass is 19.1. The Morgan fingerprint density at radius 2 is 2.08 bits per heavy atom. The Morgan fingerprint density at radius 1 is 1.28 bits per heavy atom. The molecule has 0 spiro atoms. The average Bonchev–Trinajstić information content (AvgIpc) is 2.59. The second-order valence-corrected chi connectivity index (χ2v) is 5.98. The number of nitrogens with zero attached hydrogens (tertiary/aromatic N) is 2. The van der Waals surface area contributed by atoms with Crippen molar-refractivity contribution < 1.29 is 14.2 Å². The van der Waals surface area contributed by atoms with Gasteiger partial charge in [-0.25, -0.2) is 9.37 Å². The second-order valence-electron chi connectivity index (χ2n) is 5.98. The van der Waals surface area contributed by atoms with Gasteiger partial charge in [0.1, 0.15) is 5.82 Å². The Labute approximate surface area is 144 Å². The van der Waals surface area contributed by atoms with Gasteiger partial charge in [0.25, 0.3) is 5.56 Å². The quantitative estimate of drug-likeness (QED) is 0.747. The van der Waals surface area contributed by atoms with Crippen molar-refractivity contribution in [3.63, 3.8) is 0 Å². The maximum absolute atomic E-state index is 13.5. The van der Waals surface area contributed by atoms with Gasteiger partial charge in [-0.05, 0) is 25.1 Å². The average molecular weight is 342 g/mol. The van der Waals surface area contributed by atoms with Crippen LogP contribution in [0.2, 0.25) is 0 Å². The summed E-state index contributed by atoms with van der Waals surface area (Å²) < 4.78 is 20.2. The molecule has 0 saturated carbocycles. The molecule has 0 fully saturated rings. The third-order valence-electron chi connectivity index (χ3n) is 3.91. The normalized spacial score (nSPS) is 12.4. The summed E-state index contributed by atoms with van der Waals surface area (Å²) in [4.78, 5) is 16.7. The van der Waals surface area contributed by atoms with Gasteiger partial charge in [0.15, 0.2) is 0 Å². The molecule has 0 amide bonds. The van der Waals surface area contributed by atoms with Crippen LogP contribution in [0.5, 0.6) is 0 Å². The van der Waals surface area contributed by atoms with Gasteiger partial charge in [0.2, 0.25) is 0 Å². The molecule has 1 heterocycles. The zero-order valence-corrected chi connectivity index (χ0v) is 13.9. The summed E-state index contributed by atoms with van der Waals surface area (Å²) in [7, 11) is 0. The van der Waals surface area contributed by atoms with Crippen molar-refractivity contribution in [1.29, 1.82) is 0 Å². The van der Waals surface area contributed by atoms with E-state index in [4.69, 9.17) is 4.74 Å². The van der Waals surface area contributed by atoms with Crippen molar-refractivity contribution >= 4 is 10.9 Å². The van der Waals surface area contributed by atoms with E-state index in [0.29, 0.717) is 16.5 Å². The van der Waals surface area contributed by atoms with Crippen LogP contribution >= 0.6 is 0 Å². The first kappa shape index (κ1) is 17.3. The van der Waals surface area contributed by atoms with Crippen LogP contribution in [0, 0.1) is 12.7 Å². The molecule has 1 unspecified atom stereocenters. The number of aliphatic hydroxyl groups is 1.